The average Bonchev–Trinajstić information content (AvgIpc) is 2.90. The zero-order valence-corrected chi connectivity index (χ0v) is 15.1. The second-order valence-corrected chi connectivity index (χ2v) is 6.37. The first-order valence-electron chi connectivity index (χ1n) is 7.62. The third-order valence-corrected chi connectivity index (χ3v) is 3.97. The van der Waals surface area contributed by atoms with Crippen LogP contribution < -0.4 is 5.32 Å². The van der Waals surface area contributed by atoms with Crippen molar-refractivity contribution < 1.29 is 14.7 Å². The summed E-state index contributed by atoms with van der Waals surface area (Å²) in [7, 11) is 0. The van der Waals surface area contributed by atoms with Crippen LogP contribution in [0.3, 0.4) is 0 Å². The summed E-state index contributed by atoms with van der Waals surface area (Å²) in [6.45, 7) is 3.90. The molecule has 8 heteroatoms. The fraction of sp³-hybridized carbons (Fsp3) is 0.375. The third kappa shape index (κ3) is 4.41. The molecule has 0 saturated carbocycles. The van der Waals surface area contributed by atoms with E-state index < -0.39 is 17.9 Å². The lowest BCUT2D eigenvalue weighted by atomic mass is 10.1. The molecule has 2 N–H and O–H groups in total. The van der Waals surface area contributed by atoms with E-state index in [1.807, 2.05) is 31.2 Å². The van der Waals surface area contributed by atoms with E-state index in [9.17, 15) is 9.59 Å². The number of aliphatic carboxylic acids is 1. The fourth-order valence-electron chi connectivity index (χ4n) is 2.26. The van der Waals surface area contributed by atoms with E-state index in [1.165, 1.54) is 6.92 Å². The van der Waals surface area contributed by atoms with Gasteiger partial charge in [0.2, 0.25) is 0 Å². The summed E-state index contributed by atoms with van der Waals surface area (Å²) in [5.41, 5.74) is 1.91. The van der Waals surface area contributed by atoms with Crippen molar-refractivity contribution in [1.29, 1.82) is 0 Å². The van der Waals surface area contributed by atoms with Crippen molar-refractivity contribution in [3.63, 3.8) is 0 Å². The van der Waals surface area contributed by atoms with Crippen LogP contribution in [-0.4, -0.2) is 38.0 Å². The molecule has 1 amide bonds. The van der Waals surface area contributed by atoms with Gasteiger partial charge >= 0.3 is 5.97 Å². The number of carboxylic acid groups (broad SMARTS) is 1. The van der Waals surface area contributed by atoms with Gasteiger partial charge in [-0.15, -0.1) is 5.10 Å². The number of rotatable bonds is 7. The standard InChI is InChI=1S/C16H19BrN4O3/c1-3-5-13-14(15(22)18-10(2)16(23)24)19-20-21(13)9-11-6-4-7-12(17)8-11/h4,6-8,10H,3,5,9H2,1-2H3,(H,18,22)(H,23,24). The fourth-order valence-corrected chi connectivity index (χ4v) is 2.70. The molecule has 0 fully saturated rings. The predicted molar refractivity (Wildman–Crippen MR) is 91.8 cm³/mol. The van der Waals surface area contributed by atoms with Gasteiger partial charge in [0.25, 0.3) is 5.91 Å². The summed E-state index contributed by atoms with van der Waals surface area (Å²) < 4.78 is 2.65. The topological polar surface area (TPSA) is 97.1 Å². The highest BCUT2D eigenvalue weighted by Crippen LogP contribution is 2.15. The molecular formula is C16H19BrN4O3. The first kappa shape index (κ1) is 18.1. The largest absolute Gasteiger partial charge is 0.480 e. The Hall–Kier alpha value is -2.22. The number of amides is 1. The highest BCUT2D eigenvalue weighted by Gasteiger charge is 2.22. The van der Waals surface area contributed by atoms with Gasteiger partial charge in [-0.2, -0.15) is 0 Å². The van der Waals surface area contributed by atoms with E-state index in [0.29, 0.717) is 18.7 Å². The average molecular weight is 395 g/mol. The Balaban J connectivity index is 2.26. The highest BCUT2D eigenvalue weighted by atomic mass is 79.9. The summed E-state index contributed by atoms with van der Waals surface area (Å²) >= 11 is 3.43. The van der Waals surface area contributed by atoms with Crippen molar-refractivity contribution >= 4 is 27.8 Å². The molecule has 1 heterocycles. The molecule has 0 radical (unpaired) electrons. The van der Waals surface area contributed by atoms with E-state index in [-0.39, 0.29) is 5.69 Å². The molecule has 1 unspecified atom stereocenters. The molecule has 128 valence electrons. The lowest BCUT2D eigenvalue weighted by molar-refractivity contribution is -0.138. The molecule has 0 saturated heterocycles. The first-order chi connectivity index (χ1) is 11.4. The molecule has 1 atom stereocenters. The predicted octanol–water partition coefficient (Wildman–Crippen LogP) is 2.24. The van der Waals surface area contributed by atoms with E-state index in [1.54, 1.807) is 4.68 Å². The van der Waals surface area contributed by atoms with Gasteiger partial charge in [0, 0.05) is 4.47 Å². The maximum atomic E-state index is 12.3. The van der Waals surface area contributed by atoms with Gasteiger partial charge in [-0.1, -0.05) is 46.6 Å². The van der Waals surface area contributed by atoms with Gasteiger partial charge in [-0.3, -0.25) is 9.59 Å². The van der Waals surface area contributed by atoms with Crippen molar-refractivity contribution in [2.24, 2.45) is 0 Å². The summed E-state index contributed by atoms with van der Waals surface area (Å²) in [4.78, 5) is 23.2. The Kier molecular flexibility index (Phi) is 6.08. The Morgan fingerprint density at radius 3 is 2.79 bits per heavy atom. The molecule has 1 aromatic carbocycles. The molecule has 0 aliphatic carbocycles. The number of carboxylic acids is 1. The summed E-state index contributed by atoms with van der Waals surface area (Å²) in [6.07, 6.45) is 1.45. The Bertz CT molecular complexity index is 745. The number of halogens is 1. The van der Waals surface area contributed by atoms with Gasteiger partial charge in [0.15, 0.2) is 5.69 Å². The smallest absolute Gasteiger partial charge is 0.325 e. The van der Waals surface area contributed by atoms with E-state index >= 15 is 0 Å². The molecule has 2 aromatic rings. The lowest BCUT2D eigenvalue weighted by Crippen LogP contribution is -2.39. The van der Waals surface area contributed by atoms with Crippen LogP contribution in [0.5, 0.6) is 0 Å². The quantitative estimate of drug-likeness (QED) is 0.750. The molecule has 0 aliphatic rings. The van der Waals surface area contributed by atoms with Crippen molar-refractivity contribution in [2.75, 3.05) is 0 Å². The van der Waals surface area contributed by atoms with Gasteiger partial charge < -0.3 is 10.4 Å². The molecule has 7 nitrogen and oxygen atoms in total. The molecule has 24 heavy (non-hydrogen) atoms. The lowest BCUT2D eigenvalue weighted by Gasteiger charge is -2.10. The first-order valence-corrected chi connectivity index (χ1v) is 8.42. The van der Waals surface area contributed by atoms with Crippen molar-refractivity contribution in [3.05, 3.63) is 45.7 Å². The summed E-state index contributed by atoms with van der Waals surface area (Å²) in [5, 5.41) is 19.4. The number of benzene rings is 1. The second kappa shape index (κ2) is 8.05. The van der Waals surface area contributed by atoms with Gasteiger partial charge in [0.1, 0.15) is 6.04 Å². The Morgan fingerprint density at radius 2 is 2.17 bits per heavy atom. The minimum Gasteiger partial charge on any atom is -0.480 e. The zero-order chi connectivity index (χ0) is 17.7. The zero-order valence-electron chi connectivity index (χ0n) is 13.5. The van der Waals surface area contributed by atoms with E-state index in [2.05, 4.69) is 31.6 Å². The molecular weight excluding hydrogens is 376 g/mol. The van der Waals surface area contributed by atoms with Crippen LogP contribution in [-0.2, 0) is 17.8 Å². The molecule has 0 aliphatic heterocycles. The molecule has 2 rings (SSSR count). The number of carbonyl (C=O) groups is 2. The second-order valence-electron chi connectivity index (χ2n) is 5.46. The Morgan fingerprint density at radius 1 is 1.42 bits per heavy atom. The van der Waals surface area contributed by atoms with Crippen LogP contribution in [0, 0.1) is 0 Å². The van der Waals surface area contributed by atoms with Crippen molar-refractivity contribution in [2.45, 2.75) is 39.3 Å². The number of nitrogens with zero attached hydrogens (tertiary/aromatic N) is 3. The maximum Gasteiger partial charge on any atom is 0.325 e. The van der Waals surface area contributed by atoms with Crippen LogP contribution >= 0.6 is 15.9 Å². The minimum atomic E-state index is -1.10. The van der Waals surface area contributed by atoms with Crippen molar-refractivity contribution in [3.8, 4) is 0 Å². The summed E-state index contributed by atoms with van der Waals surface area (Å²) in [6, 6.07) is 6.82. The highest BCUT2D eigenvalue weighted by molar-refractivity contribution is 9.10. The van der Waals surface area contributed by atoms with Crippen LogP contribution in [0.1, 0.15) is 42.0 Å². The SMILES string of the molecule is CCCc1c(C(=O)NC(C)C(=O)O)nnn1Cc1cccc(Br)c1. The van der Waals surface area contributed by atoms with E-state index in [0.717, 1.165) is 16.5 Å². The molecule has 0 bridgehead atoms. The number of nitrogens with one attached hydrogen (secondary N) is 1. The molecule has 1 aromatic heterocycles. The van der Waals surface area contributed by atoms with E-state index in [4.69, 9.17) is 5.11 Å². The van der Waals surface area contributed by atoms with Crippen LogP contribution in [0.25, 0.3) is 0 Å². The van der Waals surface area contributed by atoms with Crippen LogP contribution in [0.2, 0.25) is 0 Å². The number of carbonyl (C=O) groups excluding carboxylic acids is 1. The van der Waals surface area contributed by atoms with Crippen molar-refractivity contribution in [1.82, 2.24) is 20.3 Å². The monoisotopic (exact) mass is 394 g/mol. The van der Waals surface area contributed by atoms with Crippen LogP contribution in [0.15, 0.2) is 28.7 Å². The van der Waals surface area contributed by atoms with Gasteiger partial charge in [-0.05, 0) is 31.0 Å². The number of hydrogen-bond donors (Lipinski definition) is 2. The normalized spacial score (nSPS) is 12.0. The maximum absolute atomic E-state index is 12.3. The number of aromatic nitrogens is 3. The Labute approximate surface area is 148 Å². The third-order valence-electron chi connectivity index (χ3n) is 3.48. The van der Waals surface area contributed by atoms with Gasteiger partial charge in [0.05, 0.1) is 12.2 Å². The van der Waals surface area contributed by atoms with Gasteiger partial charge in [-0.25, -0.2) is 4.68 Å². The minimum absolute atomic E-state index is 0.181. The number of hydrogen-bond acceptors (Lipinski definition) is 4. The molecule has 0 spiro atoms. The van der Waals surface area contributed by atoms with Crippen LogP contribution in [0.4, 0.5) is 0 Å². The summed E-state index contributed by atoms with van der Waals surface area (Å²) in [5.74, 6) is -1.62.